The number of aliphatic carboxylic acids is 1. The fourth-order valence-corrected chi connectivity index (χ4v) is 1.98. The number of aromatic amines is 1. The molecular weight excluding hydrogens is 300 g/mol. The highest BCUT2D eigenvalue weighted by atomic mass is 79.9. The van der Waals surface area contributed by atoms with Crippen LogP contribution in [0.4, 0.5) is 0 Å². The molecule has 6 heteroatoms. The zero-order valence-corrected chi connectivity index (χ0v) is 12.0. The molecule has 0 unspecified atom stereocenters. The van der Waals surface area contributed by atoms with Gasteiger partial charge in [0, 0.05) is 29.7 Å². The Hall–Kier alpha value is -1.30. The summed E-state index contributed by atoms with van der Waals surface area (Å²) in [6.07, 6.45) is 2.23. The number of carbonyl (C=O) groups is 2. The highest BCUT2D eigenvalue weighted by Crippen LogP contribution is 2.14. The Kier molecular flexibility index (Phi) is 5.40. The number of hydrogen-bond donors (Lipinski definition) is 2. The van der Waals surface area contributed by atoms with Crippen molar-refractivity contribution in [2.24, 2.45) is 0 Å². The Morgan fingerprint density at radius 2 is 2.17 bits per heavy atom. The average molecular weight is 317 g/mol. The van der Waals surface area contributed by atoms with Crippen LogP contribution in [0.2, 0.25) is 0 Å². The molecule has 1 heterocycles. The van der Waals surface area contributed by atoms with Crippen LogP contribution < -0.4 is 0 Å². The predicted molar refractivity (Wildman–Crippen MR) is 71.5 cm³/mol. The Morgan fingerprint density at radius 1 is 1.50 bits per heavy atom. The van der Waals surface area contributed by atoms with E-state index in [0.29, 0.717) is 18.7 Å². The normalized spacial score (nSPS) is 10.7. The first kappa shape index (κ1) is 14.8. The summed E-state index contributed by atoms with van der Waals surface area (Å²) in [5.41, 5.74) is 0.505. The van der Waals surface area contributed by atoms with Crippen LogP contribution in [0.1, 0.15) is 37.2 Å². The Balaban J connectivity index is 2.67. The number of carbonyl (C=O) groups excluding carboxylic acids is 1. The van der Waals surface area contributed by atoms with Crippen molar-refractivity contribution in [3.05, 3.63) is 22.4 Å². The molecule has 5 nitrogen and oxygen atoms in total. The van der Waals surface area contributed by atoms with Crippen LogP contribution >= 0.6 is 15.9 Å². The number of carboxylic acid groups (broad SMARTS) is 1. The van der Waals surface area contributed by atoms with E-state index in [4.69, 9.17) is 5.11 Å². The van der Waals surface area contributed by atoms with Gasteiger partial charge in [0.25, 0.3) is 5.91 Å². The van der Waals surface area contributed by atoms with Gasteiger partial charge in [-0.05, 0) is 42.3 Å². The van der Waals surface area contributed by atoms with Crippen molar-refractivity contribution < 1.29 is 14.7 Å². The van der Waals surface area contributed by atoms with Crippen molar-refractivity contribution >= 4 is 27.8 Å². The summed E-state index contributed by atoms with van der Waals surface area (Å²) in [4.78, 5) is 27.2. The fraction of sp³-hybridized carbons (Fsp3) is 0.500. The number of H-pyrrole nitrogens is 1. The maximum Gasteiger partial charge on any atom is 0.303 e. The highest BCUT2D eigenvalue weighted by molar-refractivity contribution is 9.10. The number of hydrogen-bond acceptors (Lipinski definition) is 2. The molecule has 0 aromatic carbocycles. The molecule has 1 amide bonds. The summed E-state index contributed by atoms with van der Waals surface area (Å²) >= 11 is 3.28. The van der Waals surface area contributed by atoms with Gasteiger partial charge in [-0.15, -0.1) is 0 Å². The van der Waals surface area contributed by atoms with Crippen LogP contribution in [0.25, 0.3) is 0 Å². The van der Waals surface area contributed by atoms with Crippen LogP contribution in [0.5, 0.6) is 0 Å². The van der Waals surface area contributed by atoms with Gasteiger partial charge in [0.15, 0.2) is 0 Å². The first-order valence-corrected chi connectivity index (χ1v) is 6.57. The van der Waals surface area contributed by atoms with E-state index in [1.807, 2.05) is 13.8 Å². The number of amides is 1. The minimum Gasteiger partial charge on any atom is -0.481 e. The summed E-state index contributed by atoms with van der Waals surface area (Å²) < 4.78 is 0.820. The van der Waals surface area contributed by atoms with Crippen molar-refractivity contribution in [3.63, 3.8) is 0 Å². The number of aromatic nitrogens is 1. The van der Waals surface area contributed by atoms with Crippen molar-refractivity contribution in [2.45, 2.75) is 32.7 Å². The van der Waals surface area contributed by atoms with E-state index in [9.17, 15) is 9.59 Å². The van der Waals surface area contributed by atoms with E-state index in [1.165, 1.54) is 0 Å². The first-order chi connectivity index (χ1) is 8.41. The summed E-state index contributed by atoms with van der Waals surface area (Å²) in [5, 5.41) is 8.61. The van der Waals surface area contributed by atoms with Crippen LogP contribution in [0, 0.1) is 0 Å². The molecule has 0 aliphatic rings. The van der Waals surface area contributed by atoms with Gasteiger partial charge in [0.05, 0.1) is 0 Å². The van der Waals surface area contributed by atoms with Gasteiger partial charge in [-0.1, -0.05) is 0 Å². The molecule has 0 bridgehead atoms. The molecule has 1 rings (SSSR count). The van der Waals surface area contributed by atoms with E-state index in [-0.39, 0.29) is 18.4 Å². The van der Waals surface area contributed by atoms with Crippen LogP contribution in [-0.4, -0.2) is 39.5 Å². The molecule has 0 spiro atoms. The topological polar surface area (TPSA) is 73.4 Å². The van der Waals surface area contributed by atoms with E-state index in [1.54, 1.807) is 17.2 Å². The summed E-state index contributed by atoms with van der Waals surface area (Å²) in [6.45, 7) is 4.27. The monoisotopic (exact) mass is 316 g/mol. The summed E-state index contributed by atoms with van der Waals surface area (Å²) in [7, 11) is 0. The molecular formula is C12H17BrN2O3. The zero-order chi connectivity index (χ0) is 13.7. The molecule has 0 saturated heterocycles. The summed E-state index contributed by atoms with van der Waals surface area (Å²) in [5.74, 6) is -0.949. The van der Waals surface area contributed by atoms with Crippen molar-refractivity contribution in [3.8, 4) is 0 Å². The van der Waals surface area contributed by atoms with Gasteiger partial charge in [-0.2, -0.15) is 0 Å². The lowest BCUT2D eigenvalue weighted by Crippen LogP contribution is -2.38. The standard InChI is InChI=1S/C12H17BrN2O3/c1-8(2)15(5-3-4-11(16)17)12(18)10-6-9(13)7-14-10/h6-8,14H,3-5H2,1-2H3,(H,16,17). The molecule has 18 heavy (non-hydrogen) atoms. The van der Waals surface area contributed by atoms with Crippen molar-refractivity contribution in [2.75, 3.05) is 6.54 Å². The Morgan fingerprint density at radius 3 is 2.61 bits per heavy atom. The molecule has 1 aromatic heterocycles. The largest absolute Gasteiger partial charge is 0.481 e. The van der Waals surface area contributed by atoms with E-state index >= 15 is 0 Å². The van der Waals surface area contributed by atoms with Gasteiger partial charge < -0.3 is 15.0 Å². The number of halogens is 1. The second-order valence-corrected chi connectivity index (χ2v) is 5.24. The maximum atomic E-state index is 12.2. The lowest BCUT2D eigenvalue weighted by molar-refractivity contribution is -0.137. The third kappa shape index (κ3) is 4.18. The SMILES string of the molecule is CC(C)N(CCCC(=O)O)C(=O)c1cc(Br)c[nH]1. The van der Waals surface area contributed by atoms with Crippen LogP contribution in [0.3, 0.4) is 0 Å². The minimum absolute atomic E-state index is 0.0355. The Bertz CT molecular complexity index is 429. The van der Waals surface area contributed by atoms with Gasteiger partial charge in [-0.25, -0.2) is 0 Å². The van der Waals surface area contributed by atoms with Crippen LogP contribution in [-0.2, 0) is 4.79 Å². The molecule has 100 valence electrons. The van der Waals surface area contributed by atoms with E-state index < -0.39 is 5.97 Å². The number of nitrogens with zero attached hydrogens (tertiary/aromatic N) is 1. The van der Waals surface area contributed by atoms with E-state index in [2.05, 4.69) is 20.9 Å². The van der Waals surface area contributed by atoms with Gasteiger partial charge >= 0.3 is 5.97 Å². The molecule has 0 aliphatic heterocycles. The quantitative estimate of drug-likeness (QED) is 0.846. The second-order valence-electron chi connectivity index (χ2n) is 4.32. The Labute approximate surface area is 114 Å². The van der Waals surface area contributed by atoms with Crippen molar-refractivity contribution in [1.29, 1.82) is 0 Å². The smallest absolute Gasteiger partial charge is 0.303 e. The molecule has 1 aromatic rings. The number of nitrogens with one attached hydrogen (secondary N) is 1. The van der Waals surface area contributed by atoms with Gasteiger partial charge in [0.2, 0.25) is 0 Å². The lowest BCUT2D eigenvalue weighted by atomic mass is 10.2. The lowest BCUT2D eigenvalue weighted by Gasteiger charge is -2.26. The molecule has 0 atom stereocenters. The van der Waals surface area contributed by atoms with Gasteiger partial charge in [0.1, 0.15) is 5.69 Å². The zero-order valence-electron chi connectivity index (χ0n) is 10.4. The summed E-state index contributed by atoms with van der Waals surface area (Å²) in [6, 6.07) is 1.75. The molecule has 0 saturated carbocycles. The molecule has 0 radical (unpaired) electrons. The highest BCUT2D eigenvalue weighted by Gasteiger charge is 2.19. The molecule has 0 fully saturated rings. The first-order valence-electron chi connectivity index (χ1n) is 5.78. The second kappa shape index (κ2) is 6.58. The third-order valence-electron chi connectivity index (χ3n) is 2.55. The molecule has 2 N–H and O–H groups in total. The minimum atomic E-state index is -0.839. The fourth-order valence-electron chi connectivity index (χ4n) is 1.64. The predicted octanol–water partition coefficient (Wildman–Crippen LogP) is 2.49. The maximum absolute atomic E-state index is 12.2. The third-order valence-corrected chi connectivity index (χ3v) is 3.01. The van der Waals surface area contributed by atoms with Crippen molar-refractivity contribution in [1.82, 2.24) is 9.88 Å². The van der Waals surface area contributed by atoms with Crippen LogP contribution in [0.15, 0.2) is 16.7 Å². The number of carboxylic acids is 1. The average Bonchev–Trinajstić information content (AvgIpc) is 2.69. The van der Waals surface area contributed by atoms with E-state index in [0.717, 1.165) is 4.47 Å². The van der Waals surface area contributed by atoms with Gasteiger partial charge in [-0.3, -0.25) is 9.59 Å². The number of rotatable bonds is 6. The molecule has 0 aliphatic carbocycles.